The minimum atomic E-state index is -0.390. The van der Waals surface area contributed by atoms with E-state index in [1.807, 2.05) is 0 Å². The Morgan fingerprint density at radius 3 is 1.48 bits per heavy atom. The third-order valence-electron chi connectivity index (χ3n) is 4.09. The number of anilines is 4. The van der Waals surface area contributed by atoms with Crippen LogP contribution in [0.2, 0.25) is 0 Å². The standard InChI is InChI=1S/C20H22N6O5/c1-29-15-7-3-13(4-8-15)21-11-17(27)23-19-20(26-31-25-19)24-18(28)12-22-14-5-9-16(30-2)10-6-14/h3-10,21-22H,11-12H2,1-2H3,(H,23,25,27)(H,24,26,28). The maximum atomic E-state index is 12.2. The lowest BCUT2D eigenvalue weighted by atomic mass is 10.3. The Morgan fingerprint density at radius 1 is 0.742 bits per heavy atom. The van der Waals surface area contributed by atoms with Crippen LogP contribution in [0, 0.1) is 0 Å². The quantitative estimate of drug-likeness (QED) is 0.384. The van der Waals surface area contributed by atoms with Gasteiger partial charge in [0.05, 0.1) is 27.3 Å². The van der Waals surface area contributed by atoms with Gasteiger partial charge in [0.25, 0.3) is 0 Å². The second-order valence-corrected chi connectivity index (χ2v) is 6.22. The molecule has 162 valence electrons. The topological polar surface area (TPSA) is 140 Å². The van der Waals surface area contributed by atoms with Crippen LogP contribution in [-0.2, 0) is 9.59 Å². The van der Waals surface area contributed by atoms with Crippen LogP contribution in [-0.4, -0.2) is 49.4 Å². The molecule has 2 aromatic carbocycles. The van der Waals surface area contributed by atoms with Crippen molar-refractivity contribution in [3.63, 3.8) is 0 Å². The summed E-state index contributed by atoms with van der Waals surface area (Å²) in [5.74, 6) is 0.673. The largest absolute Gasteiger partial charge is 0.497 e. The molecule has 0 saturated carbocycles. The molecule has 0 atom stereocenters. The summed E-state index contributed by atoms with van der Waals surface area (Å²) in [6.45, 7) is -0.0444. The van der Waals surface area contributed by atoms with Gasteiger partial charge in [-0.05, 0) is 58.8 Å². The summed E-state index contributed by atoms with van der Waals surface area (Å²) in [6.07, 6.45) is 0. The third kappa shape index (κ3) is 6.35. The molecule has 1 aromatic heterocycles. The molecular weight excluding hydrogens is 404 g/mol. The van der Waals surface area contributed by atoms with Gasteiger partial charge >= 0.3 is 0 Å². The number of nitrogens with one attached hydrogen (secondary N) is 4. The molecule has 0 aliphatic heterocycles. The number of amides is 2. The highest BCUT2D eigenvalue weighted by Crippen LogP contribution is 2.18. The second kappa shape index (κ2) is 10.5. The zero-order chi connectivity index (χ0) is 22.1. The van der Waals surface area contributed by atoms with E-state index in [0.717, 1.165) is 11.4 Å². The maximum absolute atomic E-state index is 12.2. The van der Waals surface area contributed by atoms with E-state index in [1.165, 1.54) is 0 Å². The van der Waals surface area contributed by atoms with Crippen molar-refractivity contribution in [2.75, 3.05) is 48.6 Å². The van der Waals surface area contributed by atoms with E-state index in [4.69, 9.17) is 9.47 Å². The predicted molar refractivity (Wildman–Crippen MR) is 115 cm³/mol. The van der Waals surface area contributed by atoms with Gasteiger partial charge in [-0.2, -0.15) is 0 Å². The van der Waals surface area contributed by atoms with Crippen molar-refractivity contribution >= 4 is 34.8 Å². The van der Waals surface area contributed by atoms with E-state index >= 15 is 0 Å². The summed E-state index contributed by atoms with van der Waals surface area (Å²) < 4.78 is 14.8. The van der Waals surface area contributed by atoms with Gasteiger partial charge in [0, 0.05) is 11.4 Å². The molecule has 11 nitrogen and oxygen atoms in total. The Balaban J connectivity index is 1.46. The third-order valence-corrected chi connectivity index (χ3v) is 4.09. The van der Waals surface area contributed by atoms with Crippen LogP contribution in [0.15, 0.2) is 53.2 Å². The smallest absolute Gasteiger partial charge is 0.245 e. The van der Waals surface area contributed by atoms with Crippen molar-refractivity contribution < 1.29 is 23.7 Å². The van der Waals surface area contributed by atoms with Crippen LogP contribution in [0.4, 0.5) is 23.0 Å². The summed E-state index contributed by atoms with van der Waals surface area (Å²) >= 11 is 0. The molecule has 0 bridgehead atoms. The van der Waals surface area contributed by atoms with Crippen LogP contribution < -0.4 is 30.7 Å². The van der Waals surface area contributed by atoms with Crippen LogP contribution in [0.25, 0.3) is 0 Å². The second-order valence-electron chi connectivity index (χ2n) is 6.22. The molecule has 0 spiro atoms. The van der Waals surface area contributed by atoms with Gasteiger partial charge in [-0.25, -0.2) is 4.63 Å². The van der Waals surface area contributed by atoms with E-state index in [0.29, 0.717) is 11.5 Å². The van der Waals surface area contributed by atoms with Crippen LogP contribution in [0.3, 0.4) is 0 Å². The number of carbonyl (C=O) groups is 2. The lowest BCUT2D eigenvalue weighted by Crippen LogP contribution is -2.25. The first-order valence-electron chi connectivity index (χ1n) is 9.25. The fraction of sp³-hybridized carbons (Fsp3) is 0.200. The van der Waals surface area contributed by atoms with Gasteiger partial charge in [-0.15, -0.1) is 0 Å². The molecule has 0 aliphatic carbocycles. The molecule has 2 amide bonds. The van der Waals surface area contributed by atoms with Gasteiger partial charge in [-0.3, -0.25) is 9.59 Å². The molecule has 0 radical (unpaired) electrons. The zero-order valence-corrected chi connectivity index (χ0v) is 17.0. The summed E-state index contributed by atoms with van der Waals surface area (Å²) in [4.78, 5) is 24.3. The maximum Gasteiger partial charge on any atom is 0.245 e. The number of aromatic nitrogens is 2. The Kier molecular flexibility index (Phi) is 7.25. The van der Waals surface area contributed by atoms with E-state index in [1.54, 1.807) is 62.8 Å². The Labute approximate surface area is 178 Å². The van der Waals surface area contributed by atoms with E-state index < -0.39 is 11.8 Å². The minimum Gasteiger partial charge on any atom is -0.497 e. The molecule has 0 fully saturated rings. The molecule has 3 aromatic rings. The van der Waals surface area contributed by atoms with Crippen LogP contribution in [0.5, 0.6) is 11.5 Å². The van der Waals surface area contributed by atoms with E-state index in [9.17, 15) is 9.59 Å². The highest BCUT2D eigenvalue weighted by Gasteiger charge is 2.15. The fourth-order valence-corrected chi connectivity index (χ4v) is 2.49. The molecular formula is C20H22N6O5. The van der Waals surface area contributed by atoms with E-state index in [-0.39, 0.29) is 24.7 Å². The summed E-state index contributed by atoms with van der Waals surface area (Å²) in [5.41, 5.74) is 1.49. The fourth-order valence-electron chi connectivity index (χ4n) is 2.49. The SMILES string of the molecule is COc1ccc(NCC(=O)Nc2nonc2NC(=O)CNc2ccc(OC)cc2)cc1. The lowest BCUT2D eigenvalue weighted by molar-refractivity contribution is -0.115. The molecule has 0 unspecified atom stereocenters. The number of nitrogens with zero attached hydrogens (tertiary/aromatic N) is 2. The first kappa shape index (κ1) is 21.4. The average molecular weight is 426 g/mol. The summed E-state index contributed by atoms with van der Waals surface area (Å²) in [6, 6.07) is 14.2. The molecule has 0 aliphatic rings. The number of methoxy groups -OCH3 is 2. The summed E-state index contributed by atoms with van der Waals surface area (Å²) in [5, 5.41) is 18.2. The molecule has 0 saturated heterocycles. The number of ether oxygens (including phenoxy) is 2. The number of hydrogen-bond acceptors (Lipinski definition) is 9. The number of carbonyl (C=O) groups excluding carboxylic acids is 2. The highest BCUT2D eigenvalue weighted by atomic mass is 16.6. The van der Waals surface area contributed by atoms with Crippen molar-refractivity contribution in [3.8, 4) is 11.5 Å². The Bertz CT molecular complexity index is 924. The van der Waals surface area contributed by atoms with Crippen molar-refractivity contribution in [1.29, 1.82) is 0 Å². The number of benzene rings is 2. The van der Waals surface area contributed by atoms with Crippen molar-refractivity contribution in [2.45, 2.75) is 0 Å². The Morgan fingerprint density at radius 2 is 1.13 bits per heavy atom. The van der Waals surface area contributed by atoms with E-state index in [2.05, 4.69) is 36.2 Å². The van der Waals surface area contributed by atoms with Gasteiger partial charge < -0.3 is 30.7 Å². The van der Waals surface area contributed by atoms with Gasteiger partial charge in [0.15, 0.2) is 0 Å². The van der Waals surface area contributed by atoms with Crippen molar-refractivity contribution in [2.24, 2.45) is 0 Å². The first-order chi connectivity index (χ1) is 15.1. The number of rotatable bonds is 10. The monoisotopic (exact) mass is 426 g/mol. The van der Waals surface area contributed by atoms with Gasteiger partial charge in [0.1, 0.15) is 11.5 Å². The lowest BCUT2D eigenvalue weighted by Gasteiger charge is -2.09. The highest BCUT2D eigenvalue weighted by molar-refractivity contribution is 5.99. The first-order valence-corrected chi connectivity index (χ1v) is 9.25. The van der Waals surface area contributed by atoms with Crippen molar-refractivity contribution in [3.05, 3.63) is 48.5 Å². The molecule has 11 heteroatoms. The molecule has 31 heavy (non-hydrogen) atoms. The van der Waals surface area contributed by atoms with Crippen LogP contribution >= 0.6 is 0 Å². The van der Waals surface area contributed by atoms with Gasteiger partial charge in [0.2, 0.25) is 23.5 Å². The molecule has 1 heterocycles. The minimum absolute atomic E-state index is 0.0133. The van der Waals surface area contributed by atoms with Crippen LogP contribution in [0.1, 0.15) is 0 Å². The van der Waals surface area contributed by atoms with Gasteiger partial charge in [-0.1, -0.05) is 0 Å². The number of hydrogen-bond donors (Lipinski definition) is 4. The average Bonchev–Trinajstić information content (AvgIpc) is 3.23. The molecule has 4 N–H and O–H groups in total. The Hall–Kier alpha value is -4.28. The normalized spacial score (nSPS) is 10.1. The predicted octanol–water partition coefficient (Wildman–Crippen LogP) is 2.19. The summed E-state index contributed by atoms with van der Waals surface area (Å²) in [7, 11) is 3.15. The molecule has 3 rings (SSSR count). The van der Waals surface area contributed by atoms with Crippen molar-refractivity contribution in [1.82, 2.24) is 10.3 Å². The zero-order valence-electron chi connectivity index (χ0n) is 17.0.